The molecule has 1 atom stereocenters. The van der Waals surface area contributed by atoms with E-state index >= 15 is 0 Å². The molecule has 0 amide bonds. The molecule has 1 fully saturated rings. The van der Waals surface area contributed by atoms with Gasteiger partial charge in [-0.05, 0) is 30.3 Å². The number of hydrogen-bond donors (Lipinski definition) is 1. The zero-order valence-electron chi connectivity index (χ0n) is 9.69. The summed E-state index contributed by atoms with van der Waals surface area (Å²) in [6, 6.07) is 0. The highest BCUT2D eigenvalue weighted by Crippen LogP contribution is 2.25. The van der Waals surface area contributed by atoms with E-state index in [2.05, 4.69) is 10.1 Å². The maximum absolute atomic E-state index is 5.57. The molecule has 1 aromatic rings. The molecule has 0 radical (unpaired) electrons. The predicted molar refractivity (Wildman–Crippen MR) is 65.5 cm³/mol. The molecule has 0 spiro atoms. The lowest BCUT2D eigenvalue weighted by Gasteiger charge is -2.19. The summed E-state index contributed by atoms with van der Waals surface area (Å²) in [5.41, 5.74) is 5.57. The van der Waals surface area contributed by atoms with Crippen LogP contribution in [0.5, 0.6) is 0 Å². The third-order valence-electron chi connectivity index (χ3n) is 3.08. The lowest BCUT2D eigenvalue weighted by molar-refractivity contribution is 0.340. The van der Waals surface area contributed by atoms with Gasteiger partial charge in [-0.15, -0.1) is 0 Å². The molecule has 0 aromatic carbocycles. The van der Waals surface area contributed by atoms with Gasteiger partial charge in [0, 0.05) is 18.9 Å². The molecule has 2 heterocycles. The van der Waals surface area contributed by atoms with Gasteiger partial charge in [0.25, 0.3) is 0 Å². The summed E-state index contributed by atoms with van der Waals surface area (Å²) in [6.07, 6.45) is 3.48. The molecule has 0 aliphatic carbocycles. The second kappa shape index (κ2) is 5.68. The van der Waals surface area contributed by atoms with Gasteiger partial charge in [0.05, 0.1) is 0 Å². The highest BCUT2D eigenvalue weighted by molar-refractivity contribution is 7.99. The fourth-order valence-corrected chi connectivity index (χ4v) is 3.06. The summed E-state index contributed by atoms with van der Waals surface area (Å²) in [7, 11) is 0. The van der Waals surface area contributed by atoms with Gasteiger partial charge < -0.3 is 10.3 Å². The predicted octanol–water partition coefficient (Wildman–Crippen LogP) is 1.82. The van der Waals surface area contributed by atoms with Crippen molar-refractivity contribution in [2.45, 2.75) is 32.1 Å². The Morgan fingerprint density at radius 1 is 1.50 bits per heavy atom. The quantitative estimate of drug-likeness (QED) is 0.871. The first-order valence-corrected chi connectivity index (χ1v) is 7.05. The van der Waals surface area contributed by atoms with Crippen LogP contribution >= 0.6 is 11.8 Å². The molecule has 1 aliphatic heterocycles. The van der Waals surface area contributed by atoms with Gasteiger partial charge in [-0.1, -0.05) is 12.1 Å². The normalized spacial score (nSPS) is 19.9. The third-order valence-corrected chi connectivity index (χ3v) is 4.13. The summed E-state index contributed by atoms with van der Waals surface area (Å²) < 4.78 is 5.27. The minimum atomic E-state index is 0.194. The topological polar surface area (TPSA) is 64.9 Å². The van der Waals surface area contributed by atoms with E-state index in [9.17, 15) is 0 Å². The second-order valence-electron chi connectivity index (χ2n) is 4.44. The molecule has 1 saturated heterocycles. The fourth-order valence-electron chi connectivity index (χ4n) is 1.85. The van der Waals surface area contributed by atoms with E-state index in [4.69, 9.17) is 10.3 Å². The van der Waals surface area contributed by atoms with Crippen molar-refractivity contribution >= 4 is 11.8 Å². The Morgan fingerprint density at radius 3 is 2.94 bits per heavy atom. The number of rotatable bonds is 4. The Kier molecular flexibility index (Phi) is 4.23. The van der Waals surface area contributed by atoms with Crippen LogP contribution in [0, 0.1) is 5.92 Å². The van der Waals surface area contributed by atoms with Crippen molar-refractivity contribution in [2.24, 2.45) is 11.7 Å². The molecule has 0 bridgehead atoms. The molecule has 1 aromatic heterocycles. The summed E-state index contributed by atoms with van der Waals surface area (Å²) in [5, 5.41) is 3.98. The van der Waals surface area contributed by atoms with Gasteiger partial charge >= 0.3 is 0 Å². The Hall–Kier alpha value is -0.550. The van der Waals surface area contributed by atoms with Crippen LogP contribution in [0.2, 0.25) is 0 Å². The van der Waals surface area contributed by atoms with E-state index in [0.717, 1.165) is 24.1 Å². The highest BCUT2D eigenvalue weighted by Gasteiger charge is 2.18. The van der Waals surface area contributed by atoms with Crippen LogP contribution in [-0.4, -0.2) is 28.2 Å². The molecular weight excluding hydrogens is 222 g/mol. The molecule has 1 unspecified atom stereocenters. The molecule has 4 nitrogen and oxygen atoms in total. The monoisotopic (exact) mass is 241 g/mol. The minimum absolute atomic E-state index is 0.194. The second-order valence-corrected chi connectivity index (χ2v) is 5.67. The smallest absolute Gasteiger partial charge is 0.226 e. The average molecular weight is 241 g/mol. The Bertz CT molecular complexity index is 323. The van der Waals surface area contributed by atoms with Crippen LogP contribution in [0.15, 0.2) is 4.52 Å². The Labute approximate surface area is 100 Å². The molecule has 0 saturated carbocycles. The molecule has 1 aliphatic rings. The summed E-state index contributed by atoms with van der Waals surface area (Å²) in [4.78, 5) is 4.41. The number of hydrogen-bond acceptors (Lipinski definition) is 5. The van der Waals surface area contributed by atoms with E-state index in [1.807, 2.05) is 18.7 Å². The molecule has 90 valence electrons. The zero-order chi connectivity index (χ0) is 11.4. The van der Waals surface area contributed by atoms with Crippen LogP contribution in [0.4, 0.5) is 0 Å². The third kappa shape index (κ3) is 2.98. The van der Waals surface area contributed by atoms with E-state index in [-0.39, 0.29) is 5.92 Å². The van der Waals surface area contributed by atoms with Gasteiger partial charge in [0.15, 0.2) is 5.82 Å². The van der Waals surface area contributed by atoms with Crippen LogP contribution < -0.4 is 5.73 Å². The van der Waals surface area contributed by atoms with Gasteiger partial charge in [0.2, 0.25) is 5.89 Å². The largest absolute Gasteiger partial charge is 0.339 e. The van der Waals surface area contributed by atoms with Crippen molar-refractivity contribution in [3.63, 3.8) is 0 Å². The maximum Gasteiger partial charge on any atom is 0.226 e. The van der Waals surface area contributed by atoms with Crippen molar-refractivity contribution in [2.75, 3.05) is 18.1 Å². The highest BCUT2D eigenvalue weighted by atomic mass is 32.2. The van der Waals surface area contributed by atoms with E-state index in [0.29, 0.717) is 6.54 Å². The minimum Gasteiger partial charge on any atom is -0.339 e. The van der Waals surface area contributed by atoms with Crippen molar-refractivity contribution in [3.8, 4) is 0 Å². The number of nitrogens with zero attached hydrogens (tertiary/aromatic N) is 2. The average Bonchev–Trinajstić information content (AvgIpc) is 2.78. The summed E-state index contributed by atoms with van der Waals surface area (Å²) in [6.45, 7) is 2.59. The first-order chi connectivity index (χ1) is 7.79. The van der Waals surface area contributed by atoms with E-state index in [1.165, 1.54) is 24.3 Å². The number of thioether (sulfide) groups is 1. The molecule has 16 heavy (non-hydrogen) atoms. The first-order valence-electron chi connectivity index (χ1n) is 5.90. The van der Waals surface area contributed by atoms with Gasteiger partial charge in [-0.3, -0.25) is 0 Å². The number of nitrogens with two attached hydrogens (primary N) is 1. The van der Waals surface area contributed by atoms with Crippen LogP contribution in [-0.2, 0) is 6.42 Å². The van der Waals surface area contributed by atoms with Crippen LogP contribution in [0.3, 0.4) is 0 Å². The summed E-state index contributed by atoms with van der Waals surface area (Å²) >= 11 is 2.04. The first kappa shape index (κ1) is 11.9. The van der Waals surface area contributed by atoms with Crippen molar-refractivity contribution in [1.29, 1.82) is 0 Å². The van der Waals surface area contributed by atoms with E-state index in [1.54, 1.807) is 0 Å². The van der Waals surface area contributed by atoms with Gasteiger partial charge in [-0.2, -0.15) is 16.7 Å². The Morgan fingerprint density at radius 2 is 2.25 bits per heavy atom. The molecule has 2 rings (SSSR count). The lowest BCUT2D eigenvalue weighted by Crippen LogP contribution is -2.13. The molecule has 2 N–H and O–H groups in total. The van der Waals surface area contributed by atoms with Crippen LogP contribution in [0.25, 0.3) is 0 Å². The number of aromatic nitrogens is 2. The van der Waals surface area contributed by atoms with Crippen molar-refractivity contribution in [3.05, 3.63) is 11.7 Å². The fraction of sp³-hybridized carbons (Fsp3) is 0.818. The zero-order valence-corrected chi connectivity index (χ0v) is 10.5. The SMILES string of the molecule is CC(CN)c1noc(CC2CCSCC2)n1. The Balaban J connectivity index is 1.91. The summed E-state index contributed by atoms with van der Waals surface area (Å²) in [5.74, 6) is 4.99. The lowest BCUT2D eigenvalue weighted by atomic mass is 9.99. The van der Waals surface area contributed by atoms with Gasteiger partial charge in [0.1, 0.15) is 0 Å². The standard InChI is InChI=1S/C11H19N3OS/c1-8(7-12)11-13-10(15-14-11)6-9-2-4-16-5-3-9/h8-9H,2-7,12H2,1H3. The van der Waals surface area contributed by atoms with Gasteiger partial charge in [-0.25, -0.2) is 0 Å². The van der Waals surface area contributed by atoms with Crippen molar-refractivity contribution < 1.29 is 4.52 Å². The molecular formula is C11H19N3OS. The van der Waals surface area contributed by atoms with Crippen LogP contribution in [0.1, 0.15) is 37.4 Å². The maximum atomic E-state index is 5.57. The molecule has 5 heteroatoms. The van der Waals surface area contributed by atoms with E-state index < -0.39 is 0 Å². The van der Waals surface area contributed by atoms with Crippen molar-refractivity contribution in [1.82, 2.24) is 10.1 Å².